The molecule has 2 aromatic rings. The predicted molar refractivity (Wildman–Crippen MR) is 106 cm³/mol. The van der Waals surface area contributed by atoms with Crippen LogP contribution in [0, 0.1) is 6.92 Å². The van der Waals surface area contributed by atoms with Gasteiger partial charge in [-0.2, -0.15) is 0 Å². The van der Waals surface area contributed by atoms with Crippen LogP contribution in [0.1, 0.15) is 38.7 Å². The number of hydrogen-bond donors (Lipinski definition) is 2. The molecular weight excluding hydrogens is 408 g/mol. The standard InChI is InChI=1S/C17H17BrN2O2S2/c1-3-22-17(21)14-9(2)13-15(23)19-12(20-16(13)24-14)8-10-5-4-6-11(18)7-10/h4-7,15,23H,3,8H2,1-2H3,(H,19,20). The smallest absolute Gasteiger partial charge is 0.348 e. The van der Waals surface area contributed by atoms with Crippen LogP contribution in [-0.4, -0.2) is 18.4 Å². The lowest BCUT2D eigenvalue weighted by Crippen LogP contribution is -2.20. The van der Waals surface area contributed by atoms with E-state index in [1.54, 1.807) is 6.92 Å². The van der Waals surface area contributed by atoms with Crippen LogP contribution in [0.3, 0.4) is 0 Å². The molecule has 4 nitrogen and oxygen atoms in total. The number of nitrogens with one attached hydrogen (secondary N) is 1. The average Bonchev–Trinajstić information content (AvgIpc) is 2.85. The summed E-state index contributed by atoms with van der Waals surface area (Å²) in [7, 11) is 0. The molecule has 0 saturated heterocycles. The van der Waals surface area contributed by atoms with Crippen molar-refractivity contribution in [1.82, 2.24) is 0 Å². The monoisotopic (exact) mass is 424 g/mol. The molecule has 1 N–H and O–H groups in total. The van der Waals surface area contributed by atoms with E-state index in [2.05, 4.69) is 51.0 Å². The Labute approximate surface area is 158 Å². The van der Waals surface area contributed by atoms with Crippen molar-refractivity contribution in [2.24, 2.45) is 4.99 Å². The fourth-order valence-corrected chi connectivity index (χ4v) is 4.78. The second-order valence-electron chi connectivity index (χ2n) is 5.40. The van der Waals surface area contributed by atoms with Crippen LogP contribution >= 0.6 is 39.9 Å². The molecule has 0 spiro atoms. The normalized spacial score (nSPS) is 16.2. The number of nitrogens with zero attached hydrogens (tertiary/aromatic N) is 1. The third-order valence-electron chi connectivity index (χ3n) is 3.71. The maximum absolute atomic E-state index is 12.1. The molecule has 24 heavy (non-hydrogen) atoms. The maximum Gasteiger partial charge on any atom is 0.348 e. The van der Waals surface area contributed by atoms with Gasteiger partial charge in [0.05, 0.1) is 6.61 Å². The van der Waals surface area contributed by atoms with Crippen LogP contribution in [-0.2, 0) is 11.2 Å². The minimum absolute atomic E-state index is 0.275. The summed E-state index contributed by atoms with van der Waals surface area (Å²) in [6, 6.07) is 8.12. The van der Waals surface area contributed by atoms with Gasteiger partial charge in [0.2, 0.25) is 0 Å². The molecule has 7 heteroatoms. The zero-order valence-electron chi connectivity index (χ0n) is 13.3. The van der Waals surface area contributed by atoms with Gasteiger partial charge in [0.15, 0.2) is 0 Å². The van der Waals surface area contributed by atoms with Gasteiger partial charge in [-0.05, 0) is 37.1 Å². The molecule has 2 heterocycles. The summed E-state index contributed by atoms with van der Waals surface area (Å²) in [5.41, 5.74) is 3.01. The maximum atomic E-state index is 12.1. The lowest BCUT2D eigenvalue weighted by atomic mass is 10.1. The van der Waals surface area contributed by atoms with E-state index in [0.717, 1.165) is 32.0 Å². The largest absolute Gasteiger partial charge is 0.462 e. The third kappa shape index (κ3) is 3.53. The molecule has 1 aromatic heterocycles. The Kier molecular flexibility index (Phi) is 5.32. The molecule has 1 aromatic carbocycles. The van der Waals surface area contributed by atoms with Gasteiger partial charge in [0.1, 0.15) is 21.1 Å². The van der Waals surface area contributed by atoms with Gasteiger partial charge < -0.3 is 10.1 Å². The molecule has 1 unspecified atom stereocenters. The molecule has 0 fully saturated rings. The van der Waals surface area contributed by atoms with Gasteiger partial charge in [0.25, 0.3) is 0 Å². The van der Waals surface area contributed by atoms with Crippen LogP contribution in [0.25, 0.3) is 0 Å². The van der Waals surface area contributed by atoms with Crippen molar-refractivity contribution in [2.45, 2.75) is 25.6 Å². The minimum Gasteiger partial charge on any atom is -0.462 e. The molecule has 0 bridgehead atoms. The van der Waals surface area contributed by atoms with E-state index in [0.29, 0.717) is 17.9 Å². The summed E-state index contributed by atoms with van der Waals surface area (Å²) in [5.74, 6) is 0.558. The number of ether oxygens (including phenoxy) is 1. The van der Waals surface area contributed by atoms with Gasteiger partial charge in [0, 0.05) is 16.5 Å². The number of carbonyl (C=O) groups is 1. The molecule has 1 atom stereocenters. The van der Waals surface area contributed by atoms with E-state index in [9.17, 15) is 4.79 Å². The number of fused-ring (bicyclic) bond motifs is 1. The Hall–Kier alpha value is -1.31. The fourth-order valence-electron chi connectivity index (χ4n) is 2.63. The first-order chi connectivity index (χ1) is 11.5. The second-order valence-corrected chi connectivity index (χ2v) is 7.83. The van der Waals surface area contributed by atoms with Crippen molar-refractivity contribution in [3.63, 3.8) is 0 Å². The molecular formula is C17H17BrN2O2S2. The number of esters is 1. The number of anilines is 1. The quantitative estimate of drug-likeness (QED) is 0.536. The zero-order chi connectivity index (χ0) is 17.3. The Bertz CT molecular complexity index is 817. The summed E-state index contributed by atoms with van der Waals surface area (Å²) in [6.07, 6.45) is 0.682. The van der Waals surface area contributed by atoms with Crippen LogP contribution in [0.4, 0.5) is 5.00 Å². The van der Waals surface area contributed by atoms with E-state index < -0.39 is 0 Å². The first-order valence-corrected chi connectivity index (χ1v) is 9.68. The van der Waals surface area contributed by atoms with E-state index in [-0.39, 0.29) is 11.3 Å². The van der Waals surface area contributed by atoms with Crippen molar-refractivity contribution in [1.29, 1.82) is 0 Å². The Morgan fingerprint density at radius 1 is 1.50 bits per heavy atom. The van der Waals surface area contributed by atoms with Crippen molar-refractivity contribution >= 4 is 56.7 Å². The third-order valence-corrected chi connectivity index (χ3v) is 5.78. The lowest BCUT2D eigenvalue weighted by Gasteiger charge is -2.20. The second kappa shape index (κ2) is 7.29. The van der Waals surface area contributed by atoms with Crippen molar-refractivity contribution in [3.05, 3.63) is 50.3 Å². The summed E-state index contributed by atoms with van der Waals surface area (Å²) < 4.78 is 6.17. The summed E-state index contributed by atoms with van der Waals surface area (Å²) in [5, 5.41) is 4.00. The molecule has 0 amide bonds. The first-order valence-electron chi connectivity index (χ1n) is 7.56. The molecule has 126 valence electrons. The van der Waals surface area contributed by atoms with Crippen LogP contribution in [0.2, 0.25) is 0 Å². The van der Waals surface area contributed by atoms with Gasteiger partial charge >= 0.3 is 5.97 Å². The number of aliphatic imine (C=N–C) groups is 1. The van der Waals surface area contributed by atoms with E-state index in [4.69, 9.17) is 4.74 Å². The van der Waals surface area contributed by atoms with Crippen LogP contribution < -0.4 is 5.32 Å². The van der Waals surface area contributed by atoms with Crippen molar-refractivity contribution in [2.75, 3.05) is 11.9 Å². The number of hydrogen-bond acceptors (Lipinski definition) is 6. The Morgan fingerprint density at radius 2 is 2.29 bits per heavy atom. The van der Waals surface area contributed by atoms with Crippen molar-refractivity contribution in [3.8, 4) is 0 Å². The SMILES string of the molecule is CCOC(=O)c1sc2c(c1C)C(S)N=C(Cc1cccc(Br)c1)N2. The molecule has 0 saturated carbocycles. The molecule has 0 radical (unpaired) electrons. The number of amidine groups is 1. The lowest BCUT2D eigenvalue weighted by molar-refractivity contribution is 0.0531. The summed E-state index contributed by atoms with van der Waals surface area (Å²) in [6.45, 7) is 4.09. The highest BCUT2D eigenvalue weighted by molar-refractivity contribution is 9.10. The topological polar surface area (TPSA) is 50.7 Å². The number of carbonyl (C=O) groups excluding carboxylic acids is 1. The Morgan fingerprint density at radius 3 is 3.00 bits per heavy atom. The predicted octanol–water partition coefficient (Wildman–Crippen LogP) is 4.99. The highest BCUT2D eigenvalue weighted by Gasteiger charge is 2.28. The molecule has 1 aliphatic rings. The van der Waals surface area contributed by atoms with Gasteiger partial charge in [-0.25, -0.2) is 4.79 Å². The molecule has 0 aliphatic carbocycles. The number of benzene rings is 1. The summed E-state index contributed by atoms with van der Waals surface area (Å²) >= 11 is 9.50. The highest BCUT2D eigenvalue weighted by atomic mass is 79.9. The molecule has 3 rings (SSSR count). The summed E-state index contributed by atoms with van der Waals surface area (Å²) in [4.78, 5) is 17.3. The van der Waals surface area contributed by atoms with Gasteiger partial charge in [-0.3, -0.25) is 4.99 Å². The number of halogens is 1. The zero-order valence-corrected chi connectivity index (χ0v) is 16.6. The number of rotatable bonds is 4. The highest BCUT2D eigenvalue weighted by Crippen LogP contribution is 2.43. The number of thiophene rings is 1. The van der Waals surface area contributed by atoms with Gasteiger partial charge in [-0.15, -0.1) is 24.0 Å². The van der Waals surface area contributed by atoms with Gasteiger partial charge in [-0.1, -0.05) is 28.1 Å². The Balaban J connectivity index is 1.86. The number of thiol groups is 1. The van der Waals surface area contributed by atoms with E-state index in [1.807, 2.05) is 19.1 Å². The van der Waals surface area contributed by atoms with E-state index in [1.165, 1.54) is 11.3 Å². The van der Waals surface area contributed by atoms with E-state index >= 15 is 0 Å². The molecule has 1 aliphatic heterocycles. The fraction of sp³-hybridized carbons (Fsp3) is 0.294. The van der Waals surface area contributed by atoms with Crippen LogP contribution in [0.5, 0.6) is 0 Å². The minimum atomic E-state index is -0.287. The van der Waals surface area contributed by atoms with Crippen molar-refractivity contribution < 1.29 is 9.53 Å². The van der Waals surface area contributed by atoms with Crippen LogP contribution in [0.15, 0.2) is 33.7 Å². The first kappa shape index (κ1) is 17.5. The average molecular weight is 425 g/mol.